The Balaban J connectivity index is 0.000000414. The lowest BCUT2D eigenvalue weighted by Gasteiger charge is -2.20. The Morgan fingerprint density at radius 3 is 2.45 bits per heavy atom. The van der Waals surface area contributed by atoms with Crippen molar-refractivity contribution in [3.63, 3.8) is 0 Å². The number of nitrogens with zero attached hydrogens (tertiary/aromatic N) is 2. The van der Waals surface area contributed by atoms with Crippen LogP contribution in [0.3, 0.4) is 0 Å². The van der Waals surface area contributed by atoms with Gasteiger partial charge in [0.25, 0.3) is 0 Å². The summed E-state index contributed by atoms with van der Waals surface area (Å²) in [7, 11) is 0. The van der Waals surface area contributed by atoms with Crippen LogP contribution in [0.5, 0.6) is 5.75 Å². The molecule has 1 aromatic carbocycles. The zero-order chi connectivity index (χ0) is 24.6. The van der Waals surface area contributed by atoms with E-state index in [1.165, 1.54) is 16.7 Å². The van der Waals surface area contributed by atoms with Crippen molar-refractivity contribution in [3.05, 3.63) is 57.3 Å². The highest BCUT2D eigenvalue weighted by Gasteiger charge is 2.20. The van der Waals surface area contributed by atoms with E-state index >= 15 is 0 Å². The van der Waals surface area contributed by atoms with Gasteiger partial charge >= 0.3 is 11.7 Å². The number of carboxylic acids is 1. The highest BCUT2D eigenvalue weighted by atomic mass is 35.5. The molecule has 0 amide bonds. The van der Waals surface area contributed by atoms with Crippen LogP contribution in [-0.2, 0) is 17.9 Å². The minimum absolute atomic E-state index is 0.00793. The van der Waals surface area contributed by atoms with Crippen LogP contribution < -0.4 is 16.2 Å². The molecule has 0 aliphatic rings. The Morgan fingerprint density at radius 2 is 1.91 bits per heavy atom. The highest BCUT2D eigenvalue weighted by molar-refractivity contribution is 6.32. The van der Waals surface area contributed by atoms with Crippen molar-refractivity contribution < 1.29 is 34.4 Å². The number of aromatic nitrogens is 2. The van der Waals surface area contributed by atoms with Gasteiger partial charge in [-0.3, -0.25) is 14.3 Å². The van der Waals surface area contributed by atoms with Crippen LogP contribution >= 0.6 is 11.6 Å². The van der Waals surface area contributed by atoms with E-state index in [9.17, 15) is 9.59 Å². The maximum absolute atomic E-state index is 11.9. The number of nitrogens with two attached hydrogens (primary N) is 1. The molecule has 0 fully saturated rings. The number of benzene rings is 1. The van der Waals surface area contributed by atoms with Gasteiger partial charge in [0.05, 0.1) is 42.3 Å². The molecule has 0 saturated heterocycles. The third-order valence-electron chi connectivity index (χ3n) is 4.57. The van der Waals surface area contributed by atoms with Crippen molar-refractivity contribution in [2.24, 2.45) is 5.73 Å². The van der Waals surface area contributed by atoms with Gasteiger partial charge in [-0.2, -0.15) is 0 Å². The fraction of sp³-hybridized carbons (Fsp3) is 0.381. The SMILES string of the molecule is Cc1cc(COc2cc3oc(=O)n(CCC(=O)O)c3cc2Cl)ccn1.NC(CO)(CO)CO. The quantitative estimate of drug-likeness (QED) is 0.290. The Morgan fingerprint density at radius 1 is 1.24 bits per heavy atom. The Kier molecular flexibility index (Phi) is 9.38. The van der Waals surface area contributed by atoms with Gasteiger partial charge in [0.15, 0.2) is 5.58 Å². The zero-order valence-corrected chi connectivity index (χ0v) is 18.7. The van der Waals surface area contributed by atoms with Crippen LogP contribution in [0, 0.1) is 6.92 Å². The number of hydrogen-bond acceptors (Lipinski definition) is 9. The number of carboxylic acid groups (broad SMARTS) is 1. The fourth-order valence-electron chi connectivity index (χ4n) is 2.60. The van der Waals surface area contributed by atoms with Crippen LogP contribution in [0.4, 0.5) is 0 Å². The number of rotatable bonds is 9. The molecule has 0 aliphatic heterocycles. The van der Waals surface area contributed by atoms with Crippen molar-refractivity contribution in [1.29, 1.82) is 0 Å². The topological polar surface area (TPSA) is 181 Å². The molecule has 0 unspecified atom stereocenters. The second kappa shape index (κ2) is 11.8. The number of hydrogen-bond donors (Lipinski definition) is 5. The first-order chi connectivity index (χ1) is 15.6. The predicted octanol–water partition coefficient (Wildman–Crippen LogP) is 0.666. The average Bonchev–Trinajstić information content (AvgIpc) is 3.09. The minimum Gasteiger partial charge on any atom is -0.487 e. The molecule has 33 heavy (non-hydrogen) atoms. The summed E-state index contributed by atoms with van der Waals surface area (Å²) < 4.78 is 12.1. The first-order valence-electron chi connectivity index (χ1n) is 9.83. The number of aliphatic carboxylic acids is 1. The van der Waals surface area contributed by atoms with Gasteiger partial charge in [0, 0.05) is 24.5 Å². The van der Waals surface area contributed by atoms with E-state index in [4.69, 9.17) is 46.9 Å². The molecule has 12 heteroatoms. The van der Waals surface area contributed by atoms with Crippen molar-refractivity contribution >= 4 is 28.7 Å². The molecule has 180 valence electrons. The van der Waals surface area contributed by atoms with E-state index < -0.39 is 37.1 Å². The summed E-state index contributed by atoms with van der Waals surface area (Å²) in [5.74, 6) is -1.25. The standard InChI is InChI=1S/C17H15ClN2O5.C4H11NO3/c1-10-6-11(2-4-19-10)9-24-14-8-15-13(7-12(14)18)20(17(23)25-15)5-3-16(21)22;5-4(1-6,2-7)3-8/h2,4,6-8H,3,5,9H2,1H3,(H,21,22);6-8H,1-3,5H2. The van der Waals surface area contributed by atoms with E-state index in [1.807, 2.05) is 19.1 Å². The number of halogens is 1. The van der Waals surface area contributed by atoms with Crippen molar-refractivity contribution in [3.8, 4) is 5.75 Å². The van der Waals surface area contributed by atoms with Crippen molar-refractivity contribution in [1.82, 2.24) is 9.55 Å². The molecule has 0 spiro atoms. The second-order valence-electron chi connectivity index (χ2n) is 7.34. The van der Waals surface area contributed by atoms with Gasteiger partial charge < -0.3 is 35.3 Å². The fourth-order valence-corrected chi connectivity index (χ4v) is 2.81. The van der Waals surface area contributed by atoms with Crippen LogP contribution in [0.1, 0.15) is 17.7 Å². The number of carbonyl (C=O) groups is 1. The predicted molar refractivity (Wildman–Crippen MR) is 119 cm³/mol. The molecule has 3 rings (SSSR count). The van der Waals surface area contributed by atoms with Crippen LogP contribution in [0.15, 0.2) is 39.7 Å². The van der Waals surface area contributed by atoms with Gasteiger partial charge in [-0.25, -0.2) is 4.79 Å². The largest absolute Gasteiger partial charge is 0.487 e. The van der Waals surface area contributed by atoms with E-state index in [1.54, 1.807) is 6.20 Å². The number of fused-ring (bicyclic) bond motifs is 1. The first-order valence-corrected chi connectivity index (χ1v) is 10.2. The number of ether oxygens (including phenoxy) is 1. The van der Waals surface area contributed by atoms with Crippen LogP contribution in [-0.4, -0.2) is 61.3 Å². The van der Waals surface area contributed by atoms with Gasteiger partial charge in [-0.15, -0.1) is 0 Å². The van der Waals surface area contributed by atoms with Crippen molar-refractivity contribution in [2.45, 2.75) is 32.0 Å². The number of oxazole rings is 1. The molecule has 2 aromatic heterocycles. The molecule has 0 radical (unpaired) electrons. The average molecular weight is 484 g/mol. The summed E-state index contributed by atoms with van der Waals surface area (Å²) in [6, 6.07) is 6.80. The third-order valence-corrected chi connectivity index (χ3v) is 4.87. The zero-order valence-electron chi connectivity index (χ0n) is 17.9. The summed E-state index contributed by atoms with van der Waals surface area (Å²) >= 11 is 6.23. The van der Waals surface area contributed by atoms with E-state index in [2.05, 4.69) is 4.98 Å². The first kappa shape index (κ1) is 26.3. The molecule has 0 aliphatic carbocycles. The maximum atomic E-state index is 11.9. The summed E-state index contributed by atoms with van der Waals surface area (Å²) in [6.45, 7) is 0.976. The number of pyridine rings is 1. The lowest BCUT2D eigenvalue weighted by atomic mass is 10.1. The number of aliphatic hydroxyl groups is 3. The van der Waals surface area contributed by atoms with Gasteiger partial charge in [-0.1, -0.05) is 11.6 Å². The van der Waals surface area contributed by atoms with Gasteiger partial charge in [0.2, 0.25) is 0 Å². The second-order valence-corrected chi connectivity index (χ2v) is 7.75. The van der Waals surface area contributed by atoms with E-state index in [-0.39, 0.29) is 13.0 Å². The molecular weight excluding hydrogens is 458 g/mol. The molecular formula is C21H26ClN3O8. The third kappa shape index (κ3) is 7.27. The van der Waals surface area contributed by atoms with Crippen LogP contribution in [0.2, 0.25) is 5.02 Å². The number of aliphatic hydroxyl groups excluding tert-OH is 3. The lowest BCUT2D eigenvalue weighted by molar-refractivity contribution is -0.137. The normalized spacial score (nSPS) is 11.2. The molecule has 0 saturated carbocycles. The summed E-state index contributed by atoms with van der Waals surface area (Å²) in [5.41, 5.74) is 6.48. The Hall–Kier alpha value is -2.96. The summed E-state index contributed by atoms with van der Waals surface area (Å²) in [5, 5.41) is 34.1. The molecule has 6 N–H and O–H groups in total. The Bertz CT molecular complexity index is 1130. The molecule has 3 aromatic rings. The molecule has 0 atom stereocenters. The van der Waals surface area contributed by atoms with Crippen LogP contribution in [0.25, 0.3) is 11.1 Å². The van der Waals surface area contributed by atoms with Crippen molar-refractivity contribution in [2.75, 3.05) is 19.8 Å². The molecule has 11 nitrogen and oxygen atoms in total. The van der Waals surface area contributed by atoms with Gasteiger partial charge in [0.1, 0.15) is 12.4 Å². The molecule has 0 bridgehead atoms. The Labute approximate surface area is 193 Å². The van der Waals surface area contributed by atoms with E-state index in [0.29, 0.717) is 28.5 Å². The maximum Gasteiger partial charge on any atom is 0.419 e. The monoisotopic (exact) mass is 483 g/mol. The summed E-state index contributed by atoms with van der Waals surface area (Å²) in [6.07, 6.45) is 1.51. The number of aryl methyl sites for hydroxylation is 2. The summed E-state index contributed by atoms with van der Waals surface area (Å²) in [4.78, 5) is 26.7. The minimum atomic E-state index is -1.21. The van der Waals surface area contributed by atoms with E-state index in [0.717, 1.165) is 11.3 Å². The smallest absolute Gasteiger partial charge is 0.419 e. The lowest BCUT2D eigenvalue weighted by Crippen LogP contribution is -2.50. The molecule has 2 heterocycles. The highest BCUT2D eigenvalue weighted by Crippen LogP contribution is 2.30. The van der Waals surface area contributed by atoms with Gasteiger partial charge in [-0.05, 0) is 30.7 Å².